The van der Waals surface area contributed by atoms with Gasteiger partial charge in [0.25, 0.3) is 5.91 Å². The molecular formula is C16H23N3O2. The quantitative estimate of drug-likeness (QED) is 0.747. The Morgan fingerprint density at radius 1 is 1.38 bits per heavy atom. The van der Waals surface area contributed by atoms with Gasteiger partial charge in [0.15, 0.2) is 0 Å². The second-order valence-electron chi connectivity index (χ2n) is 5.39. The van der Waals surface area contributed by atoms with Gasteiger partial charge in [-0.25, -0.2) is 0 Å². The van der Waals surface area contributed by atoms with E-state index in [1.54, 1.807) is 31.2 Å². The van der Waals surface area contributed by atoms with Crippen molar-refractivity contribution in [2.24, 2.45) is 5.92 Å². The van der Waals surface area contributed by atoms with Gasteiger partial charge in [-0.05, 0) is 50.0 Å². The minimum atomic E-state index is -0.0893. The van der Waals surface area contributed by atoms with E-state index in [1.807, 2.05) is 0 Å². The third kappa shape index (κ3) is 4.86. The third-order valence-electron chi connectivity index (χ3n) is 3.73. The minimum Gasteiger partial charge on any atom is -0.352 e. The van der Waals surface area contributed by atoms with E-state index in [0.717, 1.165) is 19.5 Å². The van der Waals surface area contributed by atoms with Crippen molar-refractivity contribution < 1.29 is 9.59 Å². The second-order valence-corrected chi connectivity index (χ2v) is 5.39. The molecule has 0 bridgehead atoms. The zero-order valence-electron chi connectivity index (χ0n) is 12.4. The Balaban J connectivity index is 1.83. The van der Waals surface area contributed by atoms with E-state index in [1.165, 1.54) is 6.42 Å². The Hall–Kier alpha value is -1.88. The van der Waals surface area contributed by atoms with Crippen LogP contribution in [0.5, 0.6) is 0 Å². The van der Waals surface area contributed by atoms with Crippen LogP contribution in [-0.2, 0) is 4.79 Å². The smallest absolute Gasteiger partial charge is 0.251 e. The first-order valence-electron chi connectivity index (χ1n) is 7.58. The van der Waals surface area contributed by atoms with Gasteiger partial charge in [0.05, 0.1) is 0 Å². The van der Waals surface area contributed by atoms with Crippen molar-refractivity contribution in [2.45, 2.75) is 26.2 Å². The van der Waals surface area contributed by atoms with Crippen molar-refractivity contribution in [3.8, 4) is 0 Å². The molecule has 1 atom stereocenters. The van der Waals surface area contributed by atoms with Crippen molar-refractivity contribution in [1.29, 1.82) is 0 Å². The summed E-state index contributed by atoms with van der Waals surface area (Å²) in [7, 11) is 0. The van der Waals surface area contributed by atoms with Crippen molar-refractivity contribution in [2.75, 3.05) is 25.0 Å². The van der Waals surface area contributed by atoms with Gasteiger partial charge >= 0.3 is 0 Å². The summed E-state index contributed by atoms with van der Waals surface area (Å²) >= 11 is 0. The standard InChI is InChI=1S/C16H23N3O2/c1-2-15(20)19-14-5-3-4-13(10-14)16(21)18-9-7-12-6-8-17-11-12/h3-5,10,12,17H,2,6-9,11H2,1H3,(H,18,21)(H,19,20). The van der Waals surface area contributed by atoms with Gasteiger partial charge in [0.1, 0.15) is 0 Å². The molecule has 1 aliphatic rings. The summed E-state index contributed by atoms with van der Waals surface area (Å²) in [5.41, 5.74) is 1.24. The summed E-state index contributed by atoms with van der Waals surface area (Å²) in [5, 5.41) is 9.02. The molecule has 1 heterocycles. The molecule has 1 unspecified atom stereocenters. The summed E-state index contributed by atoms with van der Waals surface area (Å²) in [6, 6.07) is 7.03. The number of anilines is 1. The van der Waals surface area contributed by atoms with Crippen LogP contribution in [0.3, 0.4) is 0 Å². The van der Waals surface area contributed by atoms with Crippen molar-refractivity contribution in [3.63, 3.8) is 0 Å². The molecule has 1 aliphatic heterocycles. The molecule has 114 valence electrons. The number of benzene rings is 1. The Kier molecular flexibility index (Phi) is 5.75. The SMILES string of the molecule is CCC(=O)Nc1cccc(C(=O)NCCC2CCNC2)c1. The maximum absolute atomic E-state index is 12.1. The van der Waals surface area contributed by atoms with E-state index in [2.05, 4.69) is 16.0 Å². The highest BCUT2D eigenvalue weighted by molar-refractivity contribution is 5.97. The molecule has 2 rings (SSSR count). The molecule has 0 aliphatic carbocycles. The number of amides is 2. The van der Waals surface area contributed by atoms with Crippen LogP contribution in [0.2, 0.25) is 0 Å². The van der Waals surface area contributed by atoms with E-state index in [9.17, 15) is 9.59 Å². The number of rotatable bonds is 6. The number of hydrogen-bond acceptors (Lipinski definition) is 3. The number of nitrogens with one attached hydrogen (secondary N) is 3. The van der Waals surface area contributed by atoms with E-state index >= 15 is 0 Å². The lowest BCUT2D eigenvalue weighted by Gasteiger charge is -2.10. The Morgan fingerprint density at radius 3 is 2.95 bits per heavy atom. The molecule has 1 fully saturated rings. The van der Waals surface area contributed by atoms with Crippen LogP contribution in [0.25, 0.3) is 0 Å². The molecule has 1 saturated heterocycles. The van der Waals surface area contributed by atoms with Gasteiger partial charge in [-0.1, -0.05) is 13.0 Å². The molecule has 0 saturated carbocycles. The predicted molar refractivity (Wildman–Crippen MR) is 83.3 cm³/mol. The van der Waals surface area contributed by atoms with E-state index in [4.69, 9.17) is 0 Å². The average molecular weight is 289 g/mol. The van der Waals surface area contributed by atoms with Crippen LogP contribution in [0.15, 0.2) is 24.3 Å². The Bertz CT molecular complexity index is 496. The van der Waals surface area contributed by atoms with E-state index in [-0.39, 0.29) is 11.8 Å². The monoisotopic (exact) mass is 289 g/mol. The molecule has 1 aromatic carbocycles. The Labute approximate surface area is 125 Å². The molecule has 1 aromatic rings. The summed E-state index contributed by atoms with van der Waals surface area (Å²) in [6.07, 6.45) is 2.62. The largest absolute Gasteiger partial charge is 0.352 e. The molecule has 0 aromatic heterocycles. The van der Waals surface area contributed by atoms with Crippen LogP contribution in [0.4, 0.5) is 5.69 Å². The minimum absolute atomic E-state index is 0.0544. The number of carbonyl (C=O) groups excluding carboxylic acids is 2. The highest BCUT2D eigenvalue weighted by Crippen LogP contribution is 2.13. The van der Waals surface area contributed by atoms with Crippen LogP contribution in [0.1, 0.15) is 36.5 Å². The molecule has 5 nitrogen and oxygen atoms in total. The zero-order valence-corrected chi connectivity index (χ0v) is 12.4. The Morgan fingerprint density at radius 2 is 2.24 bits per heavy atom. The normalized spacial score (nSPS) is 17.5. The highest BCUT2D eigenvalue weighted by Gasteiger charge is 2.14. The van der Waals surface area contributed by atoms with Gasteiger partial charge in [0.2, 0.25) is 5.91 Å². The lowest BCUT2D eigenvalue weighted by Crippen LogP contribution is -2.26. The lowest BCUT2D eigenvalue weighted by atomic mass is 10.1. The van der Waals surface area contributed by atoms with Crippen molar-refractivity contribution in [1.82, 2.24) is 10.6 Å². The molecule has 21 heavy (non-hydrogen) atoms. The maximum atomic E-state index is 12.1. The maximum Gasteiger partial charge on any atom is 0.251 e. The van der Waals surface area contributed by atoms with Crippen LogP contribution in [0, 0.1) is 5.92 Å². The van der Waals surface area contributed by atoms with Gasteiger partial charge in [-0.15, -0.1) is 0 Å². The topological polar surface area (TPSA) is 70.2 Å². The zero-order chi connectivity index (χ0) is 15.1. The average Bonchev–Trinajstić information content (AvgIpc) is 3.00. The molecular weight excluding hydrogens is 266 g/mol. The van der Waals surface area contributed by atoms with Gasteiger partial charge < -0.3 is 16.0 Å². The molecule has 3 N–H and O–H groups in total. The summed E-state index contributed by atoms with van der Waals surface area (Å²) in [4.78, 5) is 23.5. The predicted octanol–water partition coefficient (Wildman–Crippen LogP) is 1.76. The number of hydrogen-bond donors (Lipinski definition) is 3. The van der Waals surface area contributed by atoms with Gasteiger partial charge in [-0.2, -0.15) is 0 Å². The molecule has 2 amide bonds. The van der Waals surface area contributed by atoms with Gasteiger partial charge in [-0.3, -0.25) is 9.59 Å². The summed E-state index contributed by atoms with van der Waals surface area (Å²) in [6.45, 7) is 4.62. The van der Waals surface area contributed by atoms with Crippen LogP contribution in [-0.4, -0.2) is 31.4 Å². The van der Waals surface area contributed by atoms with Crippen molar-refractivity contribution in [3.05, 3.63) is 29.8 Å². The van der Waals surface area contributed by atoms with Crippen LogP contribution < -0.4 is 16.0 Å². The fourth-order valence-electron chi connectivity index (χ4n) is 2.44. The third-order valence-corrected chi connectivity index (χ3v) is 3.73. The van der Waals surface area contributed by atoms with Crippen LogP contribution >= 0.6 is 0 Å². The van der Waals surface area contributed by atoms with E-state index in [0.29, 0.717) is 30.1 Å². The first-order chi connectivity index (χ1) is 10.2. The first kappa shape index (κ1) is 15.5. The first-order valence-corrected chi connectivity index (χ1v) is 7.58. The lowest BCUT2D eigenvalue weighted by molar-refractivity contribution is -0.115. The van der Waals surface area contributed by atoms with E-state index < -0.39 is 0 Å². The van der Waals surface area contributed by atoms with Crippen molar-refractivity contribution >= 4 is 17.5 Å². The second kappa shape index (κ2) is 7.78. The fourth-order valence-corrected chi connectivity index (χ4v) is 2.44. The fraction of sp³-hybridized carbons (Fsp3) is 0.500. The highest BCUT2D eigenvalue weighted by atomic mass is 16.2. The summed E-state index contributed by atoms with van der Waals surface area (Å²) in [5.74, 6) is 0.523. The number of carbonyl (C=O) groups is 2. The summed E-state index contributed by atoms with van der Waals surface area (Å²) < 4.78 is 0. The molecule has 5 heteroatoms. The van der Waals surface area contributed by atoms with Gasteiger partial charge in [0, 0.05) is 24.2 Å². The molecule has 0 radical (unpaired) electrons. The molecule has 0 spiro atoms.